The van der Waals surface area contributed by atoms with Crippen LogP contribution in [0.3, 0.4) is 0 Å². The Balaban J connectivity index is 4.22. The van der Waals surface area contributed by atoms with Crippen molar-refractivity contribution in [1.82, 2.24) is 0 Å². The average molecular weight is 1160 g/mol. The molecule has 0 aromatic heterocycles. The summed E-state index contributed by atoms with van der Waals surface area (Å²) in [6.45, 7) is 6.74. The molecular formula is C76H146O6. The topological polar surface area (TPSA) is 78.9 Å². The minimum absolute atomic E-state index is 0.0621. The van der Waals surface area contributed by atoms with Gasteiger partial charge < -0.3 is 14.2 Å². The Labute approximate surface area is 513 Å². The molecule has 82 heavy (non-hydrogen) atoms. The summed E-state index contributed by atoms with van der Waals surface area (Å²) in [6, 6.07) is 0. The molecule has 0 saturated carbocycles. The smallest absolute Gasteiger partial charge is 0.306 e. The number of rotatable bonds is 71. The van der Waals surface area contributed by atoms with Crippen LogP contribution in [0.4, 0.5) is 0 Å². The van der Waals surface area contributed by atoms with Crippen LogP contribution in [0, 0.1) is 0 Å². The third-order valence-corrected chi connectivity index (χ3v) is 17.5. The van der Waals surface area contributed by atoms with Gasteiger partial charge in [0.2, 0.25) is 0 Å². The first-order valence-electron chi connectivity index (χ1n) is 37.7. The van der Waals surface area contributed by atoms with Crippen molar-refractivity contribution in [3.05, 3.63) is 12.2 Å². The van der Waals surface area contributed by atoms with Crippen LogP contribution in [0.5, 0.6) is 0 Å². The molecule has 1 unspecified atom stereocenters. The summed E-state index contributed by atoms with van der Waals surface area (Å²) in [4.78, 5) is 38.5. The molecule has 0 aliphatic rings. The zero-order valence-electron chi connectivity index (χ0n) is 56.1. The van der Waals surface area contributed by atoms with Crippen LogP contribution in [0.25, 0.3) is 0 Å². The highest BCUT2D eigenvalue weighted by molar-refractivity contribution is 5.71. The monoisotopic (exact) mass is 1160 g/mol. The van der Waals surface area contributed by atoms with Gasteiger partial charge >= 0.3 is 17.9 Å². The molecular weight excluding hydrogens is 1010 g/mol. The van der Waals surface area contributed by atoms with Gasteiger partial charge in [0.15, 0.2) is 6.10 Å². The Hall–Kier alpha value is -1.85. The van der Waals surface area contributed by atoms with Gasteiger partial charge in [0, 0.05) is 19.3 Å². The molecule has 0 fully saturated rings. The lowest BCUT2D eigenvalue weighted by molar-refractivity contribution is -0.167. The molecule has 0 aliphatic heterocycles. The van der Waals surface area contributed by atoms with Gasteiger partial charge in [-0.1, -0.05) is 386 Å². The fraction of sp³-hybridized carbons (Fsp3) is 0.934. The van der Waals surface area contributed by atoms with Crippen molar-refractivity contribution in [2.45, 2.75) is 444 Å². The predicted octanol–water partition coefficient (Wildman–Crippen LogP) is 26.0. The number of esters is 3. The molecule has 486 valence electrons. The first-order valence-corrected chi connectivity index (χ1v) is 37.7. The summed E-state index contributed by atoms with van der Waals surface area (Å²) in [5, 5.41) is 0. The van der Waals surface area contributed by atoms with Gasteiger partial charge in [-0.25, -0.2) is 0 Å². The second-order valence-electron chi connectivity index (χ2n) is 25.9. The zero-order chi connectivity index (χ0) is 59.2. The van der Waals surface area contributed by atoms with E-state index in [0.717, 1.165) is 57.8 Å². The predicted molar refractivity (Wildman–Crippen MR) is 358 cm³/mol. The lowest BCUT2D eigenvalue weighted by Crippen LogP contribution is -2.30. The number of hydrogen-bond donors (Lipinski definition) is 0. The van der Waals surface area contributed by atoms with E-state index in [1.54, 1.807) is 0 Å². The molecule has 6 heteroatoms. The normalized spacial score (nSPS) is 12.0. The lowest BCUT2D eigenvalue weighted by Gasteiger charge is -2.18. The minimum atomic E-state index is -0.766. The minimum Gasteiger partial charge on any atom is -0.462 e. The van der Waals surface area contributed by atoms with Crippen LogP contribution in [-0.4, -0.2) is 37.2 Å². The Morgan fingerprint density at radius 3 is 0.610 bits per heavy atom. The Morgan fingerprint density at radius 1 is 0.232 bits per heavy atom. The summed E-state index contributed by atoms with van der Waals surface area (Å²) in [5.41, 5.74) is 0. The third-order valence-electron chi connectivity index (χ3n) is 17.5. The van der Waals surface area contributed by atoms with Gasteiger partial charge in [0.1, 0.15) is 13.2 Å². The Kier molecular flexibility index (Phi) is 70.0. The molecule has 6 nitrogen and oxygen atoms in total. The van der Waals surface area contributed by atoms with Crippen molar-refractivity contribution in [1.29, 1.82) is 0 Å². The molecule has 0 N–H and O–H groups in total. The van der Waals surface area contributed by atoms with Crippen LogP contribution in [-0.2, 0) is 28.6 Å². The van der Waals surface area contributed by atoms with Gasteiger partial charge in [0.25, 0.3) is 0 Å². The first-order chi connectivity index (χ1) is 40.5. The van der Waals surface area contributed by atoms with E-state index in [4.69, 9.17) is 14.2 Å². The molecule has 0 aromatic carbocycles. The van der Waals surface area contributed by atoms with Gasteiger partial charge in [-0.15, -0.1) is 0 Å². The summed E-state index contributed by atoms with van der Waals surface area (Å²) in [7, 11) is 0. The van der Waals surface area contributed by atoms with Gasteiger partial charge in [-0.3, -0.25) is 14.4 Å². The van der Waals surface area contributed by atoms with Gasteiger partial charge in [-0.05, 0) is 44.9 Å². The highest BCUT2D eigenvalue weighted by atomic mass is 16.6. The fourth-order valence-electron chi connectivity index (χ4n) is 11.9. The van der Waals surface area contributed by atoms with Crippen molar-refractivity contribution in [2.75, 3.05) is 13.2 Å². The molecule has 0 bridgehead atoms. The van der Waals surface area contributed by atoms with E-state index in [0.29, 0.717) is 19.3 Å². The maximum Gasteiger partial charge on any atom is 0.306 e. The van der Waals surface area contributed by atoms with E-state index in [2.05, 4.69) is 32.9 Å². The average Bonchev–Trinajstić information content (AvgIpc) is 3.47. The molecule has 0 saturated heterocycles. The molecule has 0 heterocycles. The van der Waals surface area contributed by atoms with Gasteiger partial charge in [-0.2, -0.15) is 0 Å². The van der Waals surface area contributed by atoms with Crippen LogP contribution in [0.15, 0.2) is 12.2 Å². The number of carbonyl (C=O) groups is 3. The van der Waals surface area contributed by atoms with Crippen molar-refractivity contribution >= 4 is 17.9 Å². The van der Waals surface area contributed by atoms with Crippen LogP contribution in [0.1, 0.15) is 438 Å². The molecule has 1 atom stereocenters. The Bertz CT molecular complexity index is 1280. The van der Waals surface area contributed by atoms with E-state index in [1.165, 1.54) is 340 Å². The van der Waals surface area contributed by atoms with Gasteiger partial charge in [0.05, 0.1) is 0 Å². The number of hydrogen-bond acceptors (Lipinski definition) is 6. The molecule has 0 radical (unpaired) electrons. The number of allylic oxidation sites excluding steroid dienone is 2. The van der Waals surface area contributed by atoms with Crippen molar-refractivity contribution in [3.8, 4) is 0 Å². The van der Waals surface area contributed by atoms with E-state index < -0.39 is 6.10 Å². The molecule has 0 spiro atoms. The molecule has 0 rings (SSSR count). The number of unbranched alkanes of at least 4 members (excludes halogenated alkanes) is 58. The van der Waals surface area contributed by atoms with E-state index in [9.17, 15) is 14.4 Å². The molecule has 0 aliphatic carbocycles. The van der Waals surface area contributed by atoms with Crippen molar-refractivity contribution < 1.29 is 28.6 Å². The molecule has 0 amide bonds. The molecule has 0 aromatic rings. The third kappa shape index (κ3) is 68.9. The van der Waals surface area contributed by atoms with Crippen LogP contribution >= 0.6 is 0 Å². The van der Waals surface area contributed by atoms with Crippen LogP contribution < -0.4 is 0 Å². The highest BCUT2D eigenvalue weighted by Gasteiger charge is 2.20. The van der Waals surface area contributed by atoms with Crippen molar-refractivity contribution in [3.63, 3.8) is 0 Å². The summed E-state index contributed by atoms with van der Waals surface area (Å²) in [6.07, 6.45) is 86.8. The highest BCUT2D eigenvalue weighted by Crippen LogP contribution is 2.20. The number of carbonyl (C=O) groups excluding carboxylic acids is 3. The summed E-state index contributed by atoms with van der Waals surface area (Å²) < 4.78 is 17.0. The fourth-order valence-corrected chi connectivity index (χ4v) is 11.9. The Morgan fingerprint density at radius 2 is 0.402 bits per heavy atom. The van der Waals surface area contributed by atoms with Crippen LogP contribution in [0.2, 0.25) is 0 Å². The summed E-state index contributed by atoms with van der Waals surface area (Å²) in [5.74, 6) is -0.822. The maximum absolute atomic E-state index is 13.0. The SMILES string of the molecule is CCCCCCCCCC/C=C\CCCCCCCCCCCCCCCC(=O)OCC(COC(=O)CCCCCCCCCCCCCCCCC)OC(=O)CCCCCCCCCCCCCCCCCCCCCCCCCC. The second-order valence-corrected chi connectivity index (χ2v) is 25.9. The largest absolute Gasteiger partial charge is 0.462 e. The second kappa shape index (κ2) is 71.6. The number of ether oxygens (including phenoxy) is 3. The maximum atomic E-state index is 13.0. The van der Waals surface area contributed by atoms with E-state index in [1.807, 2.05) is 0 Å². The summed E-state index contributed by atoms with van der Waals surface area (Å²) >= 11 is 0. The van der Waals surface area contributed by atoms with E-state index in [-0.39, 0.29) is 31.1 Å². The van der Waals surface area contributed by atoms with Crippen molar-refractivity contribution in [2.24, 2.45) is 0 Å². The zero-order valence-corrected chi connectivity index (χ0v) is 56.1. The first kappa shape index (κ1) is 80.2. The van der Waals surface area contributed by atoms with E-state index >= 15 is 0 Å². The standard InChI is InChI=1S/C76H146O6/c1-4-7-10-13-16-19-22-25-28-30-32-34-36-38-40-41-43-45-48-51-54-57-60-63-66-69-75(78)81-72-73(71-80-74(77)68-65-62-59-56-53-50-47-27-24-21-18-15-12-9-6-3)82-76(79)70-67-64-61-58-55-52-49-46-44-42-39-37-35-33-31-29-26-23-20-17-14-11-8-5-2/h30,32,73H,4-29,31,33-72H2,1-3H3/b32-30-. The lowest BCUT2D eigenvalue weighted by atomic mass is 10.0. The quantitative estimate of drug-likeness (QED) is 0.0261.